The Kier molecular flexibility index (Phi) is 26.5. The van der Waals surface area contributed by atoms with E-state index in [9.17, 15) is 20.1 Å². The van der Waals surface area contributed by atoms with Crippen LogP contribution in [0.25, 0.3) is 0 Å². The maximum atomic E-state index is 12.3. The van der Waals surface area contributed by atoms with Crippen LogP contribution in [0.4, 0.5) is 0 Å². The molecular formula is C32H59NO4. The monoisotopic (exact) mass is 521 g/mol. The van der Waals surface area contributed by atoms with E-state index < -0.39 is 24.2 Å². The van der Waals surface area contributed by atoms with Gasteiger partial charge in [0, 0.05) is 0 Å². The Morgan fingerprint density at radius 3 is 1.65 bits per heavy atom. The summed E-state index contributed by atoms with van der Waals surface area (Å²) in [4.78, 5) is 12.3. The average molecular weight is 522 g/mol. The lowest BCUT2D eigenvalue weighted by Gasteiger charge is -2.21. The Hall–Kier alpha value is -1.43. The normalized spacial score (nSPS) is 14.6. The van der Waals surface area contributed by atoms with Crippen molar-refractivity contribution in [2.24, 2.45) is 0 Å². The van der Waals surface area contributed by atoms with Gasteiger partial charge in [0.1, 0.15) is 6.10 Å². The molecule has 4 N–H and O–H groups in total. The molecule has 0 saturated carbocycles. The van der Waals surface area contributed by atoms with Crippen molar-refractivity contribution in [1.29, 1.82) is 0 Å². The number of carbonyl (C=O) groups excluding carboxylic acids is 1. The summed E-state index contributed by atoms with van der Waals surface area (Å²) in [5.74, 6) is -0.535. The number of nitrogens with one attached hydrogen (secondary N) is 1. The van der Waals surface area contributed by atoms with Gasteiger partial charge in [-0.2, -0.15) is 0 Å². The molecule has 0 aromatic heterocycles. The van der Waals surface area contributed by atoms with Gasteiger partial charge in [-0.3, -0.25) is 4.79 Å². The first-order valence-corrected chi connectivity index (χ1v) is 15.3. The largest absolute Gasteiger partial charge is 0.394 e. The van der Waals surface area contributed by atoms with E-state index in [2.05, 4.69) is 43.5 Å². The van der Waals surface area contributed by atoms with Crippen LogP contribution in [0.3, 0.4) is 0 Å². The maximum absolute atomic E-state index is 12.3. The Balaban J connectivity index is 3.94. The van der Waals surface area contributed by atoms with E-state index in [1.165, 1.54) is 70.6 Å². The zero-order chi connectivity index (χ0) is 27.4. The van der Waals surface area contributed by atoms with Gasteiger partial charge in [-0.1, -0.05) is 115 Å². The molecular weight excluding hydrogens is 462 g/mol. The quantitative estimate of drug-likeness (QED) is 0.0710. The zero-order valence-corrected chi connectivity index (χ0v) is 24.1. The second kappa shape index (κ2) is 27.6. The van der Waals surface area contributed by atoms with Gasteiger partial charge in [0.05, 0.1) is 18.8 Å². The lowest BCUT2D eigenvalue weighted by molar-refractivity contribution is -0.131. The number of carbonyl (C=O) groups is 1. The van der Waals surface area contributed by atoms with Crippen LogP contribution in [-0.4, -0.2) is 46.1 Å². The highest BCUT2D eigenvalue weighted by Gasteiger charge is 2.22. The molecule has 1 amide bonds. The summed E-state index contributed by atoms with van der Waals surface area (Å²) >= 11 is 0. The molecule has 5 nitrogen and oxygen atoms in total. The van der Waals surface area contributed by atoms with Crippen LogP contribution in [0.2, 0.25) is 0 Å². The van der Waals surface area contributed by atoms with Gasteiger partial charge < -0.3 is 20.6 Å². The topological polar surface area (TPSA) is 89.8 Å². The summed E-state index contributed by atoms with van der Waals surface area (Å²) < 4.78 is 0. The SMILES string of the molecule is CCCCCCC/C=C/CC/C=C/C(O)C(CO)NC(=O)C(O)CCCC/C=C\CCCCCCCC. The Bertz CT molecular complexity index is 587. The molecule has 0 aliphatic heterocycles. The minimum absolute atomic E-state index is 0.381. The number of hydrogen-bond acceptors (Lipinski definition) is 4. The van der Waals surface area contributed by atoms with Gasteiger partial charge >= 0.3 is 0 Å². The third-order valence-corrected chi connectivity index (χ3v) is 6.70. The number of aliphatic hydroxyl groups excluding tert-OH is 3. The fourth-order valence-electron chi connectivity index (χ4n) is 4.19. The Morgan fingerprint density at radius 1 is 0.649 bits per heavy atom. The zero-order valence-electron chi connectivity index (χ0n) is 24.1. The molecule has 0 aromatic carbocycles. The average Bonchev–Trinajstić information content (AvgIpc) is 2.90. The standard InChI is InChI=1S/C32H59NO4/c1-3-5-7-9-11-13-15-17-19-21-23-25-27-31(36)32(37)33-29(28-34)30(35)26-24-22-20-18-16-14-12-10-8-6-4-2/h16-19,24,26,29-31,34-36H,3-15,20-23,25,27-28H2,1-2H3,(H,33,37)/b18-16+,19-17-,26-24+. The number of allylic oxidation sites excluding steroid dienone is 5. The van der Waals surface area contributed by atoms with Gasteiger partial charge in [-0.15, -0.1) is 0 Å². The van der Waals surface area contributed by atoms with Crippen LogP contribution in [0, 0.1) is 0 Å². The van der Waals surface area contributed by atoms with Crippen LogP contribution in [0.15, 0.2) is 36.5 Å². The summed E-state index contributed by atoms with van der Waals surface area (Å²) in [6.45, 7) is 4.08. The van der Waals surface area contributed by atoms with E-state index in [1.54, 1.807) is 6.08 Å². The predicted molar refractivity (Wildman–Crippen MR) is 158 cm³/mol. The molecule has 0 aliphatic carbocycles. The van der Waals surface area contributed by atoms with Crippen LogP contribution in [0.1, 0.15) is 136 Å². The summed E-state index contributed by atoms with van der Waals surface area (Å²) in [5, 5.41) is 32.6. The molecule has 0 heterocycles. The third kappa shape index (κ3) is 23.4. The van der Waals surface area contributed by atoms with Crippen molar-refractivity contribution in [3.63, 3.8) is 0 Å². The van der Waals surface area contributed by atoms with E-state index in [0.29, 0.717) is 6.42 Å². The molecule has 3 unspecified atom stereocenters. The molecule has 37 heavy (non-hydrogen) atoms. The second-order valence-electron chi connectivity index (χ2n) is 10.3. The van der Waals surface area contributed by atoms with Crippen molar-refractivity contribution in [3.8, 4) is 0 Å². The third-order valence-electron chi connectivity index (χ3n) is 6.70. The first-order valence-electron chi connectivity index (χ1n) is 15.3. The molecule has 0 aliphatic rings. The molecule has 216 valence electrons. The van der Waals surface area contributed by atoms with Crippen molar-refractivity contribution in [2.45, 2.75) is 154 Å². The van der Waals surface area contributed by atoms with E-state index in [0.717, 1.165) is 44.9 Å². The number of unbranched alkanes of at least 4 members (excludes halogenated alkanes) is 14. The van der Waals surface area contributed by atoms with E-state index in [1.807, 2.05) is 6.08 Å². The van der Waals surface area contributed by atoms with E-state index in [4.69, 9.17) is 0 Å². The van der Waals surface area contributed by atoms with Gasteiger partial charge in [0.25, 0.3) is 0 Å². The van der Waals surface area contributed by atoms with Crippen molar-refractivity contribution in [2.75, 3.05) is 6.61 Å². The van der Waals surface area contributed by atoms with E-state index >= 15 is 0 Å². The molecule has 0 rings (SSSR count). The van der Waals surface area contributed by atoms with Crippen molar-refractivity contribution < 1.29 is 20.1 Å². The molecule has 0 bridgehead atoms. The molecule has 5 heteroatoms. The molecule has 0 fully saturated rings. The Labute approximate surface area is 228 Å². The number of aliphatic hydroxyl groups is 3. The minimum Gasteiger partial charge on any atom is -0.394 e. The molecule has 3 atom stereocenters. The van der Waals surface area contributed by atoms with Gasteiger partial charge in [-0.05, 0) is 57.8 Å². The summed E-state index contributed by atoms with van der Waals surface area (Å²) in [6.07, 6.45) is 31.5. The smallest absolute Gasteiger partial charge is 0.249 e. The van der Waals surface area contributed by atoms with E-state index in [-0.39, 0.29) is 6.61 Å². The summed E-state index contributed by atoms with van der Waals surface area (Å²) in [5.41, 5.74) is 0. The highest BCUT2D eigenvalue weighted by atomic mass is 16.3. The molecule has 0 aromatic rings. The predicted octanol–water partition coefficient (Wildman–Crippen LogP) is 7.31. The highest BCUT2D eigenvalue weighted by Crippen LogP contribution is 2.10. The lowest BCUT2D eigenvalue weighted by Crippen LogP contribution is -2.48. The van der Waals surface area contributed by atoms with Crippen LogP contribution >= 0.6 is 0 Å². The summed E-state index contributed by atoms with van der Waals surface area (Å²) in [7, 11) is 0. The second-order valence-corrected chi connectivity index (χ2v) is 10.3. The fourth-order valence-corrected chi connectivity index (χ4v) is 4.19. The van der Waals surface area contributed by atoms with Crippen molar-refractivity contribution in [3.05, 3.63) is 36.5 Å². The number of hydrogen-bond donors (Lipinski definition) is 4. The van der Waals surface area contributed by atoms with Crippen LogP contribution in [0.5, 0.6) is 0 Å². The first kappa shape index (κ1) is 35.6. The first-order chi connectivity index (χ1) is 18.1. The minimum atomic E-state index is -1.12. The Morgan fingerprint density at radius 2 is 1.11 bits per heavy atom. The van der Waals surface area contributed by atoms with Gasteiger partial charge in [0.15, 0.2) is 0 Å². The molecule has 0 spiro atoms. The van der Waals surface area contributed by atoms with Gasteiger partial charge in [-0.25, -0.2) is 0 Å². The molecule has 0 saturated heterocycles. The van der Waals surface area contributed by atoms with Gasteiger partial charge in [0.2, 0.25) is 5.91 Å². The fraction of sp³-hybridized carbons (Fsp3) is 0.781. The van der Waals surface area contributed by atoms with Crippen molar-refractivity contribution in [1.82, 2.24) is 5.32 Å². The highest BCUT2D eigenvalue weighted by molar-refractivity contribution is 5.80. The number of rotatable bonds is 26. The van der Waals surface area contributed by atoms with Crippen molar-refractivity contribution >= 4 is 5.91 Å². The van der Waals surface area contributed by atoms with Crippen LogP contribution < -0.4 is 5.32 Å². The lowest BCUT2D eigenvalue weighted by atomic mass is 10.1. The van der Waals surface area contributed by atoms with Crippen LogP contribution in [-0.2, 0) is 4.79 Å². The number of amides is 1. The molecule has 0 radical (unpaired) electrons. The maximum Gasteiger partial charge on any atom is 0.249 e. The summed E-state index contributed by atoms with van der Waals surface area (Å²) in [6, 6.07) is -0.818.